The molecular weight excluding hydrogens is 456 g/mol. The molecule has 2 aliphatic carbocycles. The van der Waals surface area contributed by atoms with Crippen LogP contribution in [0.25, 0.3) is 27.1 Å². The van der Waals surface area contributed by atoms with E-state index in [9.17, 15) is 5.11 Å². The van der Waals surface area contributed by atoms with Gasteiger partial charge in [0.2, 0.25) is 0 Å². The molecule has 0 atom stereocenters. The highest BCUT2D eigenvalue weighted by atomic mass is 32.1. The normalized spacial score (nSPS) is 15.6. The first-order valence-corrected chi connectivity index (χ1v) is 13.9. The average molecular weight is 491 g/mol. The number of allylic oxidation sites excluding steroid dienone is 9. The second-order valence-corrected chi connectivity index (χ2v) is 10.7. The lowest BCUT2D eigenvalue weighted by Gasteiger charge is -2.21. The largest absolute Gasteiger partial charge is 0.513 e. The zero-order valence-corrected chi connectivity index (χ0v) is 21.7. The van der Waals surface area contributed by atoms with E-state index in [0.29, 0.717) is 12.2 Å². The van der Waals surface area contributed by atoms with E-state index in [-0.39, 0.29) is 0 Å². The van der Waals surface area contributed by atoms with E-state index in [1.165, 1.54) is 48.7 Å². The lowest BCUT2D eigenvalue weighted by molar-refractivity contribution is 0.385. The molecule has 3 aromatic rings. The fourth-order valence-corrected chi connectivity index (χ4v) is 6.47. The van der Waals surface area contributed by atoms with Crippen LogP contribution >= 0.6 is 11.3 Å². The predicted octanol–water partition coefficient (Wildman–Crippen LogP) is 10.5. The Hall–Kier alpha value is -3.36. The van der Waals surface area contributed by atoms with Crippen molar-refractivity contribution in [2.45, 2.75) is 51.4 Å². The molecule has 0 fully saturated rings. The first-order valence-electron chi connectivity index (χ1n) is 13.1. The summed E-state index contributed by atoms with van der Waals surface area (Å²) in [7, 11) is 0. The predicted molar refractivity (Wildman–Crippen MR) is 156 cm³/mol. The SMILES string of the molecule is C=C(O)CCCCC1=CCCC(C2=C(c3cc(-c4ccccc4)c(-c4ccccc4)s3)C=CCC2)=C1. The van der Waals surface area contributed by atoms with Crippen molar-refractivity contribution < 1.29 is 5.11 Å². The van der Waals surface area contributed by atoms with E-state index in [1.54, 1.807) is 0 Å². The van der Waals surface area contributed by atoms with Crippen molar-refractivity contribution in [1.29, 1.82) is 0 Å². The molecule has 5 rings (SSSR count). The Morgan fingerprint density at radius 2 is 1.64 bits per heavy atom. The van der Waals surface area contributed by atoms with Crippen LogP contribution < -0.4 is 0 Å². The molecule has 1 nitrogen and oxygen atoms in total. The third-order valence-corrected chi connectivity index (χ3v) is 8.25. The van der Waals surface area contributed by atoms with Crippen LogP contribution in [0.5, 0.6) is 0 Å². The second-order valence-electron chi connectivity index (χ2n) is 9.68. The van der Waals surface area contributed by atoms with Crippen LogP contribution in [0.3, 0.4) is 0 Å². The molecule has 0 radical (unpaired) electrons. The molecule has 0 bridgehead atoms. The highest BCUT2D eigenvalue weighted by Gasteiger charge is 2.20. The summed E-state index contributed by atoms with van der Waals surface area (Å²) in [5, 5.41) is 9.37. The van der Waals surface area contributed by atoms with Gasteiger partial charge in [0.25, 0.3) is 0 Å². The Labute approximate surface area is 219 Å². The Morgan fingerprint density at radius 3 is 2.39 bits per heavy atom. The number of unbranched alkanes of at least 4 members (excludes halogenated alkanes) is 1. The standard InChI is InChI=1S/C34H34OS/c1-25(35)13-8-9-14-26-15-12-20-29(23-26)30-21-10-11-22-31(30)33-24-32(27-16-4-2-5-17-27)34(36-33)28-18-6-3-7-19-28/h2-7,11,15-19,22-24,35H,1,8-10,12-14,20-21H2. The van der Waals surface area contributed by atoms with E-state index < -0.39 is 0 Å². The maximum Gasteiger partial charge on any atom is 0.0851 e. The molecule has 0 saturated carbocycles. The van der Waals surface area contributed by atoms with Gasteiger partial charge < -0.3 is 5.11 Å². The summed E-state index contributed by atoms with van der Waals surface area (Å²) in [5.74, 6) is 0.299. The Kier molecular flexibility index (Phi) is 7.83. The number of aliphatic hydroxyl groups excluding tert-OH is 1. The minimum atomic E-state index is 0.299. The van der Waals surface area contributed by atoms with E-state index in [2.05, 4.69) is 97.6 Å². The van der Waals surface area contributed by atoms with Gasteiger partial charge in [-0.25, -0.2) is 0 Å². The molecule has 0 saturated heterocycles. The van der Waals surface area contributed by atoms with Crippen LogP contribution in [-0.4, -0.2) is 5.11 Å². The van der Waals surface area contributed by atoms with Gasteiger partial charge in [-0.2, -0.15) is 0 Å². The van der Waals surface area contributed by atoms with Crippen LogP contribution in [0.2, 0.25) is 0 Å². The smallest absolute Gasteiger partial charge is 0.0851 e. The van der Waals surface area contributed by atoms with Gasteiger partial charge in [-0.3, -0.25) is 0 Å². The molecule has 1 aromatic heterocycles. The van der Waals surface area contributed by atoms with E-state index >= 15 is 0 Å². The summed E-state index contributed by atoms with van der Waals surface area (Å²) in [6, 6.07) is 24.0. The quantitative estimate of drug-likeness (QED) is 0.234. The number of rotatable bonds is 9. The number of hydrogen-bond acceptors (Lipinski definition) is 2. The first kappa shape index (κ1) is 24.3. The Bertz CT molecular complexity index is 1280. The molecule has 2 aliphatic rings. The highest BCUT2D eigenvalue weighted by molar-refractivity contribution is 7.17. The van der Waals surface area contributed by atoms with Gasteiger partial charge in [0.15, 0.2) is 0 Å². The van der Waals surface area contributed by atoms with Gasteiger partial charge in [-0.1, -0.05) is 97.1 Å². The summed E-state index contributed by atoms with van der Waals surface area (Å²) in [6.45, 7) is 3.61. The van der Waals surface area contributed by atoms with Crippen LogP contribution in [0, 0.1) is 0 Å². The molecule has 2 aromatic carbocycles. The molecule has 1 heterocycles. The molecule has 182 valence electrons. The summed E-state index contributed by atoms with van der Waals surface area (Å²) < 4.78 is 0. The molecule has 0 amide bonds. The minimum absolute atomic E-state index is 0.299. The number of aliphatic hydroxyl groups is 1. The van der Waals surface area contributed by atoms with Gasteiger partial charge >= 0.3 is 0 Å². The lowest BCUT2D eigenvalue weighted by Crippen LogP contribution is -2.01. The minimum Gasteiger partial charge on any atom is -0.513 e. The maximum atomic E-state index is 9.37. The van der Waals surface area contributed by atoms with E-state index in [4.69, 9.17) is 0 Å². The van der Waals surface area contributed by atoms with Gasteiger partial charge in [0, 0.05) is 21.7 Å². The van der Waals surface area contributed by atoms with Crippen LogP contribution in [0.4, 0.5) is 0 Å². The summed E-state index contributed by atoms with van der Waals surface area (Å²) in [6.07, 6.45) is 17.9. The molecule has 0 spiro atoms. The first-order chi connectivity index (χ1) is 17.7. The summed E-state index contributed by atoms with van der Waals surface area (Å²) in [5.41, 5.74) is 9.74. The zero-order valence-electron chi connectivity index (χ0n) is 20.9. The van der Waals surface area contributed by atoms with Crippen molar-refractivity contribution >= 4 is 16.9 Å². The van der Waals surface area contributed by atoms with Crippen LogP contribution in [0.15, 0.2) is 120 Å². The summed E-state index contributed by atoms with van der Waals surface area (Å²) in [4.78, 5) is 2.70. The molecule has 0 aliphatic heterocycles. The monoisotopic (exact) mass is 490 g/mol. The van der Waals surface area contributed by atoms with Gasteiger partial charge in [-0.05, 0) is 78.9 Å². The molecule has 36 heavy (non-hydrogen) atoms. The average Bonchev–Trinajstić information content (AvgIpc) is 3.38. The Morgan fingerprint density at radius 1 is 0.889 bits per heavy atom. The van der Waals surface area contributed by atoms with Crippen molar-refractivity contribution in [2.24, 2.45) is 0 Å². The van der Waals surface area contributed by atoms with Crippen LogP contribution in [-0.2, 0) is 0 Å². The van der Waals surface area contributed by atoms with Gasteiger partial charge in [0.1, 0.15) is 0 Å². The molecular formula is C34H34OS. The lowest BCUT2D eigenvalue weighted by atomic mass is 9.84. The van der Waals surface area contributed by atoms with Gasteiger partial charge in [-0.15, -0.1) is 11.3 Å². The maximum absolute atomic E-state index is 9.37. The topological polar surface area (TPSA) is 20.2 Å². The highest BCUT2D eigenvalue weighted by Crippen LogP contribution is 2.45. The van der Waals surface area contributed by atoms with Crippen molar-refractivity contribution in [3.63, 3.8) is 0 Å². The van der Waals surface area contributed by atoms with Crippen molar-refractivity contribution in [3.8, 4) is 21.6 Å². The molecule has 1 N–H and O–H groups in total. The molecule has 0 unspecified atom stereocenters. The van der Waals surface area contributed by atoms with E-state index in [1.807, 2.05) is 11.3 Å². The van der Waals surface area contributed by atoms with Crippen molar-refractivity contribution in [3.05, 3.63) is 125 Å². The van der Waals surface area contributed by atoms with E-state index in [0.717, 1.165) is 44.9 Å². The van der Waals surface area contributed by atoms with Crippen LogP contribution in [0.1, 0.15) is 56.2 Å². The zero-order chi connectivity index (χ0) is 24.7. The third-order valence-electron chi connectivity index (χ3n) is 7.04. The fraction of sp³-hybridized carbons (Fsp3) is 0.235. The van der Waals surface area contributed by atoms with Crippen molar-refractivity contribution in [2.75, 3.05) is 0 Å². The number of hydrogen-bond donors (Lipinski definition) is 1. The van der Waals surface area contributed by atoms with Gasteiger partial charge in [0.05, 0.1) is 5.76 Å². The summed E-state index contributed by atoms with van der Waals surface area (Å²) >= 11 is 1.92. The van der Waals surface area contributed by atoms with Crippen molar-refractivity contribution in [1.82, 2.24) is 0 Å². The molecule has 2 heteroatoms. The fourth-order valence-electron chi connectivity index (χ4n) is 5.23. The Balaban J connectivity index is 1.51. The third kappa shape index (κ3) is 5.71. The number of benzene rings is 2. The number of thiophene rings is 1. The second kappa shape index (κ2) is 11.6.